The molecule has 1 spiro atoms. The van der Waals surface area contributed by atoms with Crippen molar-refractivity contribution in [1.29, 1.82) is 0 Å². The first-order valence-corrected chi connectivity index (χ1v) is 13.4. The van der Waals surface area contributed by atoms with Gasteiger partial charge in [-0.1, -0.05) is 37.3 Å². The minimum Gasteiger partial charge on any atom is -0.494 e. The summed E-state index contributed by atoms with van der Waals surface area (Å²) in [5, 5.41) is 16.0. The largest absolute Gasteiger partial charge is 0.494 e. The number of hydrogen-bond acceptors (Lipinski definition) is 6. The Kier molecular flexibility index (Phi) is 7.40. The molecule has 3 N–H and O–H groups in total. The number of carbonyl (C=O) groups is 3. The smallest absolute Gasteiger partial charge is 0.246 e. The number of anilines is 1. The van der Waals surface area contributed by atoms with Crippen molar-refractivity contribution >= 4 is 23.4 Å². The molecule has 0 aromatic heterocycles. The Morgan fingerprint density at radius 2 is 1.87 bits per heavy atom. The number of aliphatic hydroxyl groups is 1. The number of amides is 3. The summed E-state index contributed by atoms with van der Waals surface area (Å²) in [6.07, 6.45) is 1.10. The van der Waals surface area contributed by atoms with Crippen LogP contribution in [0.2, 0.25) is 0 Å². The minimum absolute atomic E-state index is 0.278. The first kappa shape index (κ1) is 26.2. The Bertz CT molecular complexity index is 1170. The van der Waals surface area contributed by atoms with Gasteiger partial charge in [0.1, 0.15) is 17.4 Å². The van der Waals surface area contributed by atoms with Gasteiger partial charge in [0, 0.05) is 12.2 Å². The van der Waals surface area contributed by atoms with Gasteiger partial charge in [0.15, 0.2) is 0 Å². The van der Waals surface area contributed by atoms with Crippen molar-refractivity contribution in [3.63, 3.8) is 0 Å². The zero-order chi connectivity index (χ0) is 26.9. The SMILES string of the molecule is CCOc1ccc(NC(=O)[C@@H]2[C@H]3C(=O)N([C@@H](CC)CO)C(C(=O)NCc4ccccc4)C34CC[C@H]2O4)cc1. The second kappa shape index (κ2) is 10.7. The lowest BCUT2D eigenvalue weighted by Crippen LogP contribution is -2.57. The van der Waals surface area contributed by atoms with Crippen molar-refractivity contribution in [1.82, 2.24) is 10.2 Å². The summed E-state index contributed by atoms with van der Waals surface area (Å²) in [6.45, 7) is 4.34. The number of likely N-dealkylation sites (tertiary alicyclic amines) is 1. The van der Waals surface area contributed by atoms with Gasteiger partial charge in [-0.15, -0.1) is 0 Å². The normalized spacial score (nSPS) is 28.2. The fraction of sp³-hybridized carbons (Fsp3) is 0.483. The van der Waals surface area contributed by atoms with Gasteiger partial charge in [-0.05, 0) is 56.0 Å². The lowest BCUT2D eigenvalue weighted by molar-refractivity contribution is -0.145. The summed E-state index contributed by atoms with van der Waals surface area (Å²) >= 11 is 0. The van der Waals surface area contributed by atoms with Crippen molar-refractivity contribution in [3.8, 4) is 5.75 Å². The van der Waals surface area contributed by atoms with Crippen LogP contribution in [0.15, 0.2) is 54.6 Å². The predicted octanol–water partition coefficient (Wildman–Crippen LogP) is 2.49. The predicted molar refractivity (Wildman–Crippen MR) is 140 cm³/mol. The average molecular weight is 522 g/mol. The molecule has 3 fully saturated rings. The van der Waals surface area contributed by atoms with E-state index < -0.39 is 35.6 Å². The van der Waals surface area contributed by atoms with Crippen LogP contribution in [0.3, 0.4) is 0 Å². The fourth-order valence-corrected chi connectivity index (χ4v) is 6.41. The molecule has 0 saturated carbocycles. The van der Waals surface area contributed by atoms with E-state index in [4.69, 9.17) is 9.47 Å². The number of hydrogen-bond donors (Lipinski definition) is 3. The van der Waals surface area contributed by atoms with E-state index in [1.165, 1.54) is 4.90 Å². The van der Waals surface area contributed by atoms with Crippen LogP contribution in [0.1, 0.15) is 38.7 Å². The van der Waals surface area contributed by atoms with Crippen LogP contribution in [0.25, 0.3) is 0 Å². The van der Waals surface area contributed by atoms with Gasteiger partial charge >= 0.3 is 0 Å². The molecule has 3 amide bonds. The Labute approximate surface area is 222 Å². The highest BCUT2D eigenvalue weighted by molar-refractivity contribution is 6.02. The lowest BCUT2D eigenvalue weighted by atomic mass is 9.70. The number of fused-ring (bicyclic) bond motifs is 1. The molecule has 38 heavy (non-hydrogen) atoms. The van der Waals surface area contributed by atoms with E-state index >= 15 is 0 Å². The molecular formula is C29H35N3O6. The molecule has 6 atom stereocenters. The maximum atomic E-state index is 14.0. The molecule has 0 radical (unpaired) electrons. The van der Waals surface area contributed by atoms with Crippen molar-refractivity contribution < 1.29 is 29.0 Å². The zero-order valence-corrected chi connectivity index (χ0v) is 21.8. The topological polar surface area (TPSA) is 117 Å². The number of nitrogens with zero attached hydrogens (tertiary/aromatic N) is 1. The van der Waals surface area contributed by atoms with Crippen LogP contribution < -0.4 is 15.4 Å². The van der Waals surface area contributed by atoms with Gasteiger partial charge < -0.3 is 30.1 Å². The first-order chi connectivity index (χ1) is 18.4. The number of ether oxygens (including phenoxy) is 2. The van der Waals surface area contributed by atoms with Gasteiger partial charge in [0.05, 0.1) is 37.2 Å². The molecule has 2 aromatic rings. The first-order valence-electron chi connectivity index (χ1n) is 13.4. The van der Waals surface area contributed by atoms with Gasteiger partial charge in [-0.2, -0.15) is 0 Å². The van der Waals surface area contributed by atoms with Gasteiger partial charge in [-0.25, -0.2) is 0 Å². The molecule has 3 aliphatic rings. The summed E-state index contributed by atoms with van der Waals surface area (Å²) in [7, 11) is 0. The van der Waals surface area contributed by atoms with Crippen LogP contribution in [0, 0.1) is 11.8 Å². The Hall–Kier alpha value is -3.43. The summed E-state index contributed by atoms with van der Waals surface area (Å²) in [5.74, 6) is -1.76. The van der Waals surface area contributed by atoms with E-state index in [1.807, 2.05) is 44.2 Å². The third-order valence-electron chi connectivity index (χ3n) is 8.11. The summed E-state index contributed by atoms with van der Waals surface area (Å²) in [5.41, 5.74) is 0.423. The number of carbonyl (C=O) groups excluding carboxylic acids is 3. The monoisotopic (exact) mass is 521 g/mol. The number of benzene rings is 2. The van der Waals surface area contributed by atoms with E-state index in [0.717, 1.165) is 5.56 Å². The Balaban J connectivity index is 1.41. The molecule has 202 valence electrons. The highest BCUT2D eigenvalue weighted by atomic mass is 16.5. The zero-order valence-electron chi connectivity index (χ0n) is 21.8. The maximum absolute atomic E-state index is 14.0. The van der Waals surface area contributed by atoms with Crippen molar-refractivity contribution in [3.05, 3.63) is 60.2 Å². The average Bonchev–Trinajstić information content (AvgIpc) is 3.58. The quantitative estimate of drug-likeness (QED) is 0.442. The van der Waals surface area contributed by atoms with Crippen LogP contribution in [0.5, 0.6) is 5.75 Å². The van der Waals surface area contributed by atoms with E-state index in [9.17, 15) is 19.5 Å². The Morgan fingerprint density at radius 1 is 1.13 bits per heavy atom. The van der Waals surface area contributed by atoms with Crippen LogP contribution in [-0.2, 0) is 25.7 Å². The number of aliphatic hydroxyl groups excluding tert-OH is 1. The van der Waals surface area contributed by atoms with E-state index in [1.54, 1.807) is 24.3 Å². The summed E-state index contributed by atoms with van der Waals surface area (Å²) < 4.78 is 11.9. The van der Waals surface area contributed by atoms with Gasteiger partial charge in [0.2, 0.25) is 17.7 Å². The highest BCUT2D eigenvalue weighted by Gasteiger charge is 2.75. The van der Waals surface area contributed by atoms with E-state index in [-0.39, 0.29) is 24.3 Å². The number of rotatable bonds is 10. The molecule has 2 unspecified atom stereocenters. The van der Waals surface area contributed by atoms with Gasteiger partial charge in [0.25, 0.3) is 0 Å². The number of nitrogens with one attached hydrogen (secondary N) is 2. The van der Waals surface area contributed by atoms with Crippen LogP contribution in [0.4, 0.5) is 5.69 Å². The van der Waals surface area contributed by atoms with Crippen molar-refractivity contribution in [2.75, 3.05) is 18.5 Å². The van der Waals surface area contributed by atoms with E-state index in [2.05, 4.69) is 10.6 Å². The van der Waals surface area contributed by atoms with Crippen LogP contribution >= 0.6 is 0 Å². The minimum atomic E-state index is -1.11. The molecule has 3 heterocycles. The lowest BCUT2D eigenvalue weighted by Gasteiger charge is -2.36. The summed E-state index contributed by atoms with van der Waals surface area (Å²) in [6, 6.07) is 15.1. The second-order valence-corrected chi connectivity index (χ2v) is 10.2. The summed E-state index contributed by atoms with van der Waals surface area (Å²) in [4.78, 5) is 42.7. The molecule has 0 aliphatic carbocycles. The highest BCUT2D eigenvalue weighted by Crippen LogP contribution is 2.59. The third kappa shape index (κ3) is 4.43. The molecule has 9 heteroatoms. The second-order valence-electron chi connectivity index (χ2n) is 10.2. The van der Waals surface area contributed by atoms with Crippen molar-refractivity contribution in [2.24, 2.45) is 11.8 Å². The molecular weight excluding hydrogens is 486 g/mol. The maximum Gasteiger partial charge on any atom is 0.246 e. The molecule has 3 aliphatic heterocycles. The molecule has 3 saturated heterocycles. The van der Waals surface area contributed by atoms with E-state index in [0.29, 0.717) is 43.9 Å². The molecule has 5 rings (SSSR count). The molecule has 2 aromatic carbocycles. The Morgan fingerprint density at radius 3 is 2.53 bits per heavy atom. The molecule has 9 nitrogen and oxygen atoms in total. The fourth-order valence-electron chi connectivity index (χ4n) is 6.41. The standard InChI is InChI=1S/C29H35N3O6/c1-3-20(17-33)32-25(27(35)30-16-18-8-6-5-7-9-18)29-15-14-22(38-29)23(24(29)28(32)36)26(34)31-19-10-12-21(13-11-19)37-4-2/h5-13,20,22-25,33H,3-4,14-17H2,1-2H3,(H,30,35)(H,31,34)/t20-,22+,23-,24-,25?,29?/m0/s1. The van der Waals surface area contributed by atoms with Crippen LogP contribution in [-0.4, -0.2) is 64.7 Å². The van der Waals surface area contributed by atoms with Crippen molar-refractivity contribution in [2.45, 2.75) is 63.4 Å². The molecule has 2 bridgehead atoms. The third-order valence-corrected chi connectivity index (χ3v) is 8.11. The van der Waals surface area contributed by atoms with Gasteiger partial charge in [-0.3, -0.25) is 14.4 Å².